The van der Waals surface area contributed by atoms with Crippen molar-refractivity contribution in [3.8, 4) is 0 Å². The zero-order chi connectivity index (χ0) is 12.8. The van der Waals surface area contributed by atoms with Gasteiger partial charge in [-0.15, -0.1) is 0 Å². The van der Waals surface area contributed by atoms with Crippen LogP contribution in [0.5, 0.6) is 0 Å². The molecule has 0 saturated heterocycles. The zero-order valence-electron chi connectivity index (χ0n) is 9.75. The van der Waals surface area contributed by atoms with Gasteiger partial charge in [0.1, 0.15) is 6.54 Å². The Morgan fingerprint density at radius 2 is 2.12 bits per heavy atom. The SMILES string of the molecule is CCOC(=O)CNC(=O)c1ccc(C)cc1Br. The summed E-state index contributed by atoms with van der Waals surface area (Å²) in [6, 6.07) is 5.39. The molecule has 5 heteroatoms. The number of carbonyl (C=O) groups excluding carboxylic acids is 2. The van der Waals surface area contributed by atoms with Gasteiger partial charge in [0, 0.05) is 4.47 Å². The van der Waals surface area contributed by atoms with E-state index in [1.54, 1.807) is 13.0 Å². The van der Waals surface area contributed by atoms with Crippen molar-refractivity contribution in [3.63, 3.8) is 0 Å². The summed E-state index contributed by atoms with van der Waals surface area (Å²) in [5.74, 6) is -0.742. The van der Waals surface area contributed by atoms with Gasteiger partial charge in [0.15, 0.2) is 0 Å². The van der Waals surface area contributed by atoms with E-state index in [2.05, 4.69) is 21.2 Å². The van der Waals surface area contributed by atoms with Gasteiger partial charge in [-0.1, -0.05) is 6.07 Å². The van der Waals surface area contributed by atoms with Gasteiger partial charge in [-0.05, 0) is 47.5 Å². The number of benzene rings is 1. The number of hydrogen-bond donors (Lipinski definition) is 1. The lowest BCUT2D eigenvalue weighted by molar-refractivity contribution is -0.141. The Morgan fingerprint density at radius 3 is 2.71 bits per heavy atom. The minimum atomic E-state index is -0.441. The fraction of sp³-hybridized carbons (Fsp3) is 0.333. The lowest BCUT2D eigenvalue weighted by Crippen LogP contribution is -2.30. The van der Waals surface area contributed by atoms with E-state index >= 15 is 0 Å². The van der Waals surface area contributed by atoms with Crippen LogP contribution in [0.15, 0.2) is 22.7 Å². The van der Waals surface area contributed by atoms with Crippen LogP contribution in [0.3, 0.4) is 0 Å². The monoisotopic (exact) mass is 299 g/mol. The van der Waals surface area contributed by atoms with Gasteiger partial charge in [-0.25, -0.2) is 0 Å². The molecule has 0 atom stereocenters. The quantitative estimate of drug-likeness (QED) is 0.866. The highest BCUT2D eigenvalue weighted by Gasteiger charge is 2.11. The maximum atomic E-state index is 11.7. The van der Waals surface area contributed by atoms with Crippen molar-refractivity contribution in [2.24, 2.45) is 0 Å². The Labute approximate surface area is 108 Å². The molecule has 1 amide bonds. The van der Waals surface area contributed by atoms with Gasteiger partial charge < -0.3 is 10.1 Å². The summed E-state index contributed by atoms with van der Waals surface area (Å²) in [6.07, 6.45) is 0. The smallest absolute Gasteiger partial charge is 0.325 e. The molecule has 0 unspecified atom stereocenters. The van der Waals surface area contributed by atoms with E-state index in [-0.39, 0.29) is 12.5 Å². The van der Waals surface area contributed by atoms with Gasteiger partial charge in [0.05, 0.1) is 12.2 Å². The first-order chi connectivity index (χ1) is 8.04. The molecular formula is C12H14BrNO3. The van der Waals surface area contributed by atoms with E-state index in [0.29, 0.717) is 16.6 Å². The second-order valence-corrected chi connectivity index (χ2v) is 4.33. The summed E-state index contributed by atoms with van der Waals surface area (Å²) in [7, 11) is 0. The number of carbonyl (C=O) groups is 2. The molecule has 1 rings (SSSR count). The summed E-state index contributed by atoms with van der Waals surface area (Å²) in [4.78, 5) is 22.8. The average Bonchev–Trinajstić information content (AvgIpc) is 2.26. The van der Waals surface area contributed by atoms with E-state index < -0.39 is 5.97 Å². The Balaban J connectivity index is 2.61. The molecule has 0 aliphatic heterocycles. The molecule has 0 bridgehead atoms. The summed E-state index contributed by atoms with van der Waals surface area (Å²) in [5.41, 5.74) is 1.55. The molecule has 1 N–H and O–H groups in total. The molecule has 92 valence electrons. The first-order valence-corrected chi connectivity index (χ1v) is 6.04. The van der Waals surface area contributed by atoms with Crippen molar-refractivity contribution in [1.82, 2.24) is 5.32 Å². The fourth-order valence-corrected chi connectivity index (χ4v) is 1.94. The predicted octanol–water partition coefficient (Wildman–Crippen LogP) is 2.05. The van der Waals surface area contributed by atoms with E-state index in [1.165, 1.54) is 0 Å². The van der Waals surface area contributed by atoms with Crippen LogP contribution < -0.4 is 5.32 Å². The fourth-order valence-electron chi connectivity index (χ4n) is 1.26. The van der Waals surface area contributed by atoms with Crippen LogP contribution in [-0.2, 0) is 9.53 Å². The van der Waals surface area contributed by atoms with Crippen LogP contribution >= 0.6 is 15.9 Å². The molecule has 0 saturated carbocycles. The van der Waals surface area contributed by atoms with E-state index in [9.17, 15) is 9.59 Å². The number of hydrogen-bond acceptors (Lipinski definition) is 3. The molecule has 17 heavy (non-hydrogen) atoms. The molecule has 0 radical (unpaired) electrons. The molecule has 4 nitrogen and oxygen atoms in total. The summed E-state index contributed by atoms with van der Waals surface area (Å²) < 4.78 is 5.42. The highest BCUT2D eigenvalue weighted by Crippen LogP contribution is 2.17. The average molecular weight is 300 g/mol. The highest BCUT2D eigenvalue weighted by molar-refractivity contribution is 9.10. The number of nitrogens with one attached hydrogen (secondary N) is 1. The van der Waals surface area contributed by atoms with Crippen molar-refractivity contribution in [2.75, 3.05) is 13.2 Å². The van der Waals surface area contributed by atoms with Gasteiger partial charge >= 0.3 is 5.97 Å². The third kappa shape index (κ3) is 4.19. The van der Waals surface area contributed by atoms with Crippen molar-refractivity contribution >= 4 is 27.8 Å². The first-order valence-electron chi connectivity index (χ1n) is 5.24. The van der Waals surface area contributed by atoms with Crippen LogP contribution in [0.2, 0.25) is 0 Å². The number of rotatable bonds is 4. The van der Waals surface area contributed by atoms with E-state index in [4.69, 9.17) is 4.74 Å². The molecule has 0 heterocycles. The minimum absolute atomic E-state index is 0.118. The van der Waals surface area contributed by atoms with Gasteiger partial charge in [-0.2, -0.15) is 0 Å². The zero-order valence-corrected chi connectivity index (χ0v) is 11.3. The number of aryl methyl sites for hydroxylation is 1. The van der Waals surface area contributed by atoms with Crippen molar-refractivity contribution in [1.29, 1.82) is 0 Å². The lowest BCUT2D eigenvalue weighted by Gasteiger charge is -2.07. The molecule has 0 aliphatic rings. The van der Waals surface area contributed by atoms with Crippen LogP contribution in [-0.4, -0.2) is 25.0 Å². The van der Waals surface area contributed by atoms with Gasteiger partial charge in [0.25, 0.3) is 5.91 Å². The Morgan fingerprint density at radius 1 is 1.41 bits per heavy atom. The van der Waals surface area contributed by atoms with Gasteiger partial charge in [0.2, 0.25) is 0 Å². The van der Waals surface area contributed by atoms with Crippen molar-refractivity contribution in [2.45, 2.75) is 13.8 Å². The summed E-state index contributed by atoms with van der Waals surface area (Å²) in [5, 5.41) is 2.50. The second kappa shape index (κ2) is 6.39. The second-order valence-electron chi connectivity index (χ2n) is 3.47. The minimum Gasteiger partial charge on any atom is -0.465 e. The van der Waals surface area contributed by atoms with E-state index in [0.717, 1.165) is 5.56 Å². The van der Waals surface area contributed by atoms with Crippen LogP contribution in [0, 0.1) is 6.92 Å². The standard InChI is InChI=1S/C12H14BrNO3/c1-3-17-11(15)7-14-12(16)9-5-4-8(2)6-10(9)13/h4-6H,3,7H2,1-2H3,(H,14,16). The largest absolute Gasteiger partial charge is 0.465 e. The van der Waals surface area contributed by atoms with Crippen LogP contribution in [0.25, 0.3) is 0 Å². The molecular weight excluding hydrogens is 286 g/mol. The molecule has 0 aromatic heterocycles. The van der Waals surface area contributed by atoms with Crippen LogP contribution in [0.1, 0.15) is 22.8 Å². The summed E-state index contributed by atoms with van der Waals surface area (Å²) in [6.45, 7) is 3.84. The number of halogens is 1. The van der Waals surface area contributed by atoms with Crippen LogP contribution in [0.4, 0.5) is 0 Å². The van der Waals surface area contributed by atoms with E-state index in [1.807, 2.05) is 19.1 Å². The Bertz CT molecular complexity index is 432. The number of esters is 1. The predicted molar refractivity (Wildman–Crippen MR) is 67.8 cm³/mol. The van der Waals surface area contributed by atoms with Crippen molar-refractivity contribution in [3.05, 3.63) is 33.8 Å². The third-order valence-electron chi connectivity index (χ3n) is 2.07. The highest BCUT2D eigenvalue weighted by atomic mass is 79.9. The molecule has 1 aromatic carbocycles. The number of ether oxygens (including phenoxy) is 1. The molecule has 0 fully saturated rings. The topological polar surface area (TPSA) is 55.4 Å². The Hall–Kier alpha value is -1.36. The maximum Gasteiger partial charge on any atom is 0.325 e. The first kappa shape index (κ1) is 13.7. The van der Waals surface area contributed by atoms with Crippen molar-refractivity contribution < 1.29 is 14.3 Å². The maximum absolute atomic E-state index is 11.7. The third-order valence-corrected chi connectivity index (χ3v) is 2.72. The Kier molecular flexibility index (Phi) is 5.15. The lowest BCUT2D eigenvalue weighted by atomic mass is 10.1. The summed E-state index contributed by atoms with van der Waals surface area (Å²) >= 11 is 3.31. The van der Waals surface area contributed by atoms with Gasteiger partial charge in [-0.3, -0.25) is 9.59 Å². The normalized spacial score (nSPS) is 9.82. The number of amides is 1. The molecule has 0 aliphatic carbocycles. The molecule has 0 spiro atoms. The molecule has 1 aromatic rings.